The zero-order chi connectivity index (χ0) is 22.9. The monoisotopic (exact) mass is 447 g/mol. The van der Waals surface area contributed by atoms with Crippen LogP contribution < -0.4 is 0 Å². The molecule has 0 aromatic heterocycles. The predicted molar refractivity (Wildman–Crippen MR) is 141 cm³/mol. The van der Waals surface area contributed by atoms with Crippen LogP contribution in [0.25, 0.3) is 5.57 Å². The van der Waals surface area contributed by atoms with E-state index in [1.165, 1.54) is 56.1 Å². The Kier molecular flexibility index (Phi) is 5.45. The summed E-state index contributed by atoms with van der Waals surface area (Å²) >= 11 is 0. The molecular weight excluding hydrogens is 402 g/mol. The first-order valence-electron chi connectivity index (χ1n) is 13.4. The molecule has 0 heterocycles. The van der Waals surface area contributed by atoms with Gasteiger partial charge in [0.05, 0.1) is 0 Å². The largest absolute Gasteiger partial charge is 0.316 e. The van der Waals surface area contributed by atoms with Gasteiger partial charge in [-0.25, -0.2) is 0 Å². The van der Waals surface area contributed by atoms with E-state index in [4.69, 9.17) is 0 Å². The van der Waals surface area contributed by atoms with E-state index in [-0.39, 0.29) is 11.0 Å². The maximum absolute atomic E-state index is 3.11. The van der Waals surface area contributed by atoms with Crippen molar-refractivity contribution in [1.29, 1.82) is 0 Å². The molecule has 0 amide bonds. The molecule has 2 fully saturated rings. The first kappa shape index (κ1) is 22.7. The molecule has 1 aromatic carbocycles. The van der Waals surface area contributed by atoms with E-state index in [0.29, 0.717) is 0 Å². The van der Waals surface area contributed by atoms with Gasteiger partial charge in [-0.3, -0.25) is 0 Å². The first-order chi connectivity index (χ1) is 15.0. The number of hydrogen-bond acceptors (Lipinski definition) is 1. The highest BCUT2D eigenvalue weighted by Crippen LogP contribution is 2.59. The Hall–Kier alpha value is -1.12. The fraction of sp³-hybridized carbons (Fsp3) is 0.667. The molecule has 2 saturated carbocycles. The van der Waals surface area contributed by atoms with E-state index in [0.717, 1.165) is 23.4 Å². The number of fused-ring (bicyclic) bond motifs is 4. The van der Waals surface area contributed by atoms with E-state index in [9.17, 15) is 0 Å². The topological polar surface area (TPSA) is 3.24 Å². The van der Waals surface area contributed by atoms with Gasteiger partial charge in [-0.1, -0.05) is 89.0 Å². The van der Waals surface area contributed by atoms with E-state index in [1.54, 1.807) is 11.1 Å². The minimum atomic E-state index is -1.64. The normalized spacial score (nSPS) is 29.9. The standard InChI is InChI=1S/C30H45NSi/c1-29(2,3)31(22-13-9-8-10-14-22)32(6,7)28-18-17-21-19-25-23-15-11-12-16-26(23)30(4,5)27(25)20-24(21)28/h11-12,15-16,19-22,24,28H,8-10,13-14,17-18H2,1-7H3. The quantitative estimate of drug-likeness (QED) is 0.421. The Bertz CT molecular complexity index is 938. The molecule has 0 aliphatic heterocycles. The highest BCUT2D eigenvalue weighted by atomic mass is 28.3. The maximum atomic E-state index is 3.11. The Balaban J connectivity index is 1.51. The Morgan fingerprint density at radius 3 is 2.28 bits per heavy atom. The van der Waals surface area contributed by atoms with Gasteiger partial charge in [-0.15, -0.1) is 0 Å². The summed E-state index contributed by atoms with van der Waals surface area (Å²) in [6, 6.07) is 9.98. The summed E-state index contributed by atoms with van der Waals surface area (Å²) in [5, 5.41) is 0. The second-order valence-electron chi connectivity index (χ2n) is 13.2. The summed E-state index contributed by atoms with van der Waals surface area (Å²) in [6.45, 7) is 17.9. The smallest absolute Gasteiger partial charge is 0.126 e. The average molecular weight is 448 g/mol. The molecule has 3 atom stereocenters. The van der Waals surface area contributed by atoms with Gasteiger partial charge >= 0.3 is 0 Å². The van der Waals surface area contributed by atoms with E-state index >= 15 is 0 Å². The van der Waals surface area contributed by atoms with Gasteiger partial charge < -0.3 is 4.57 Å². The van der Waals surface area contributed by atoms with Crippen LogP contribution in [0.5, 0.6) is 0 Å². The van der Waals surface area contributed by atoms with E-state index < -0.39 is 8.24 Å². The molecule has 0 radical (unpaired) electrons. The summed E-state index contributed by atoms with van der Waals surface area (Å²) in [7, 11) is -1.64. The van der Waals surface area contributed by atoms with Crippen molar-refractivity contribution in [3.63, 3.8) is 0 Å². The lowest BCUT2D eigenvalue weighted by Gasteiger charge is -2.55. The Morgan fingerprint density at radius 2 is 1.59 bits per heavy atom. The molecule has 2 heteroatoms. The minimum absolute atomic E-state index is 0.138. The van der Waals surface area contributed by atoms with Crippen LogP contribution in [0.1, 0.15) is 90.7 Å². The SMILES string of the molecule is CC1(C)C2=CC3C(C=C2c2ccccc21)CCC3[Si](C)(C)N(C1CCCCC1)C(C)(C)C. The molecular formula is C30H45NSi. The fourth-order valence-corrected chi connectivity index (χ4v) is 13.9. The minimum Gasteiger partial charge on any atom is -0.316 e. The number of hydrogen-bond donors (Lipinski definition) is 0. The molecule has 1 aromatic rings. The lowest BCUT2D eigenvalue weighted by molar-refractivity contribution is 0.140. The number of allylic oxidation sites excluding steroid dienone is 4. The van der Waals surface area contributed by atoms with Crippen LogP contribution in [0, 0.1) is 11.8 Å². The summed E-state index contributed by atoms with van der Waals surface area (Å²) < 4.78 is 3.11. The predicted octanol–water partition coefficient (Wildman–Crippen LogP) is 8.34. The fourth-order valence-electron chi connectivity index (χ4n) is 8.49. The van der Waals surface area contributed by atoms with Crippen molar-refractivity contribution in [1.82, 2.24) is 4.57 Å². The molecule has 4 aliphatic rings. The molecule has 5 rings (SSSR count). The van der Waals surface area contributed by atoms with Gasteiger partial charge in [0.15, 0.2) is 0 Å². The molecule has 0 N–H and O–H groups in total. The van der Waals surface area contributed by atoms with Gasteiger partial charge in [-0.2, -0.15) is 0 Å². The highest BCUT2D eigenvalue weighted by molar-refractivity contribution is 6.76. The lowest BCUT2D eigenvalue weighted by Crippen LogP contribution is -2.64. The van der Waals surface area contributed by atoms with Gasteiger partial charge in [0, 0.05) is 17.0 Å². The van der Waals surface area contributed by atoms with Gasteiger partial charge in [-0.05, 0) is 79.7 Å². The van der Waals surface area contributed by atoms with Gasteiger partial charge in [0.2, 0.25) is 0 Å². The van der Waals surface area contributed by atoms with Gasteiger partial charge in [0.25, 0.3) is 0 Å². The lowest BCUT2D eigenvalue weighted by atomic mass is 9.76. The number of benzene rings is 1. The summed E-state index contributed by atoms with van der Waals surface area (Å²) in [4.78, 5) is 0. The summed E-state index contributed by atoms with van der Waals surface area (Å²) in [5.74, 6) is 1.47. The van der Waals surface area contributed by atoms with Crippen molar-refractivity contribution in [2.75, 3.05) is 0 Å². The molecule has 0 spiro atoms. The van der Waals surface area contributed by atoms with Crippen LogP contribution in [0.3, 0.4) is 0 Å². The second-order valence-corrected chi connectivity index (χ2v) is 17.8. The van der Waals surface area contributed by atoms with E-state index in [1.807, 2.05) is 0 Å². The molecule has 174 valence electrons. The van der Waals surface area contributed by atoms with Crippen molar-refractivity contribution in [2.45, 2.75) is 115 Å². The van der Waals surface area contributed by atoms with Crippen molar-refractivity contribution in [3.8, 4) is 0 Å². The Morgan fingerprint density at radius 1 is 0.906 bits per heavy atom. The van der Waals surface area contributed by atoms with E-state index in [2.05, 4.69) is 88.7 Å². The Labute approximate surface area is 198 Å². The summed E-state index contributed by atoms with van der Waals surface area (Å²) in [6.07, 6.45) is 15.4. The molecule has 4 aliphatic carbocycles. The van der Waals surface area contributed by atoms with Crippen molar-refractivity contribution in [3.05, 3.63) is 53.1 Å². The first-order valence-corrected chi connectivity index (χ1v) is 16.4. The van der Waals surface area contributed by atoms with Crippen molar-refractivity contribution >= 4 is 13.8 Å². The molecule has 32 heavy (non-hydrogen) atoms. The van der Waals surface area contributed by atoms with Gasteiger partial charge in [0.1, 0.15) is 8.24 Å². The van der Waals surface area contributed by atoms with Crippen LogP contribution >= 0.6 is 0 Å². The third-order valence-electron chi connectivity index (χ3n) is 9.55. The molecule has 1 nitrogen and oxygen atoms in total. The maximum Gasteiger partial charge on any atom is 0.126 e. The average Bonchev–Trinajstić information content (AvgIpc) is 3.24. The van der Waals surface area contributed by atoms with Crippen molar-refractivity contribution in [2.24, 2.45) is 11.8 Å². The second kappa shape index (κ2) is 7.70. The highest BCUT2D eigenvalue weighted by Gasteiger charge is 2.53. The van der Waals surface area contributed by atoms with Crippen LogP contribution in [0.4, 0.5) is 0 Å². The van der Waals surface area contributed by atoms with Crippen LogP contribution in [0.15, 0.2) is 42.0 Å². The molecule has 3 unspecified atom stereocenters. The van der Waals surface area contributed by atoms with Crippen LogP contribution in [-0.4, -0.2) is 24.4 Å². The third kappa shape index (κ3) is 3.43. The van der Waals surface area contributed by atoms with Crippen molar-refractivity contribution < 1.29 is 0 Å². The summed E-state index contributed by atoms with van der Waals surface area (Å²) in [5.41, 5.74) is 7.48. The zero-order valence-electron chi connectivity index (χ0n) is 21.7. The molecule has 0 saturated heterocycles. The number of nitrogens with zero attached hydrogens (tertiary/aromatic N) is 1. The van der Waals surface area contributed by atoms with Crippen LogP contribution in [-0.2, 0) is 5.41 Å². The zero-order valence-corrected chi connectivity index (χ0v) is 22.7. The van der Waals surface area contributed by atoms with Crippen LogP contribution in [0.2, 0.25) is 18.6 Å². The molecule has 0 bridgehead atoms. The third-order valence-corrected chi connectivity index (χ3v) is 14.3. The number of rotatable bonds is 3.